The Hall–Kier alpha value is -1.11. The Morgan fingerprint density at radius 1 is 1.35 bits per heavy atom. The third-order valence-corrected chi connectivity index (χ3v) is 3.07. The largest absolute Gasteiger partial charge is 0.496 e. The Balaban J connectivity index is 2.31. The van der Waals surface area contributed by atoms with Crippen LogP contribution in [0.1, 0.15) is 12.0 Å². The van der Waals surface area contributed by atoms with Crippen molar-refractivity contribution in [3.05, 3.63) is 29.8 Å². The molecule has 0 spiro atoms. The van der Waals surface area contributed by atoms with Crippen LogP contribution in [0.3, 0.4) is 0 Å². The van der Waals surface area contributed by atoms with Gasteiger partial charge in [-0.05, 0) is 19.0 Å². The van der Waals surface area contributed by atoms with Gasteiger partial charge in [-0.3, -0.25) is 4.55 Å². The SMILES string of the molecule is COc1ccccc1CNCCCS(=O)(=O)O. The highest BCUT2D eigenvalue weighted by atomic mass is 32.2. The lowest BCUT2D eigenvalue weighted by atomic mass is 10.2. The van der Waals surface area contributed by atoms with Crippen LogP contribution >= 0.6 is 0 Å². The van der Waals surface area contributed by atoms with Crippen molar-refractivity contribution >= 4 is 10.1 Å². The Kier molecular flexibility index (Phi) is 5.40. The maximum absolute atomic E-state index is 10.5. The van der Waals surface area contributed by atoms with Gasteiger partial charge in [-0.2, -0.15) is 8.42 Å². The molecule has 1 aromatic carbocycles. The first-order valence-corrected chi connectivity index (χ1v) is 6.91. The molecule has 2 N–H and O–H groups in total. The van der Waals surface area contributed by atoms with Crippen molar-refractivity contribution in [2.24, 2.45) is 0 Å². The summed E-state index contributed by atoms with van der Waals surface area (Å²) in [4.78, 5) is 0. The van der Waals surface area contributed by atoms with E-state index in [0.29, 0.717) is 19.5 Å². The maximum atomic E-state index is 10.5. The van der Waals surface area contributed by atoms with Gasteiger partial charge < -0.3 is 10.1 Å². The minimum absolute atomic E-state index is 0.216. The van der Waals surface area contributed by atoms with E-state index in [-0.39, 0.29) is 5.75 Å². The van der Waals surface area contributed by atoms with E-state index in [2.05, 4.69) is 5.32 Å². The molecule has 1 rings (SSSR count). The van der Waals surface area contributed by atoms with Gasteiger partial charge in [0.05, 0.1) is 12.9 Å². The van der Waals surface area contributed by atoms with Crippen molar-refractivity contribution < 1.29 is 17.7 Å². The lowest BCUT2D eigenvalue weighted by molar-refractivity contribution is 0.407. The normalized spacial score (nSPS) is 11.4. The van der Waals surface area contributed by atoms with Gasteiger partial charge in [0.25, 0.3) is 10.1 Å². The summed E-state index contributed by atoms with van der Waals surface area (Å²) in [7, 11) is -2.24. The molecule has 0 bridgehead atoms. The zero-order valence-corrected chi connectivity index (χ0v) is 10.5. The molecule has 1 aromatic rings. The van der Waals surface area contributed by atoms with E-state index in [9.17, 15) is 8.42 Å². The molecular formula is C11H17NO4S. The second kappa shape index (κ2) is 6.58. The van der Waals surface area contributed by atoms with E-state index in [4.69, 9.17) is 9.29 Å². The van der Waals surface area contributed by atoms with Crippen molar-refractivity contribution in [1.29, 1.82) is 0 Å². The molecule has 0 saturated heterocycles. The predicted molar refractivity (Wildman–Crippen MR) is 65.7 cm³/mol. The third kappa shape index (κ3) is 5.67. The standard InChI is InChI=1S/C11H17NO4S/c1-16-11-6-3-2-5-10(11)9-12-7-4-8-17(13,14)15/h2-3,5-6,12H,4,7-9H2,1H3,(H,13,14,15). The molecule has 0 atom stereocenters. The van der Waals surface area contributed by atoms with Crippen LogP contribution in [0.15, 0.2) is 24.3 Å². The second-order valence-electron chi connectivity index (χ2n) is 3.63. The number of hydrogen-bond acceptors (Lipinski definition) is 4. The molecule has 0 radical (unpaired) electrons. The summed E-state index contributed by atoms with van der Waals surface area (Å²) in [6, 6.07) is 7.61. The van der Waals surface area contributed by atoms with E-state index >= 15 is 0 Å². The van der Waals surface area contributed by atoms with E-state index in [0.717, 1.165) is 11.3 Å². The lowest BCUT2D eigenvalue weighted by Crippen LogP contribution is -2.18. The van der Waals surface area contributed by atoms with Crippen LogP contribution in [0.4, 0.5) is 0 Å². The number of hydrogen-bond donors (Lipinski definition) is 2. The van der Waals surface area contributed by atoms with Gasteiger partial charge in [-0.25, -0.2) is 0 Å². The summed E-state index contributed by atoms with van der Waals surface area (Å²) < 4.78 is 34.7. The number of rotatable bonds is 7. The zero-order valence-electron chi connectivity index (χ0n) is 9.72. The van der Waals surface area contributed by atoms with Crippen molar-refractivity contribution in [2.75, 3.05) is 19.4 Å². The predicted octanol–water partition coefficient (Wildman–Crippen LogP) is 1.06. The van der Waals surface area contributed by atoms with Crippen molar-refractivity contribution in [2.45, 2.75) is 13.0 Å². The fraction of sp³-hybridized carbons (Fsp3) is 0.455. The number of ether oxygens (including phenoxy) is 1. The Bertz CT molecular complexity index is 445. The van der Waals surface area contributed by atoms with Crippen LogP contribution in [-0.2, 0) is 16.7 Å². The van der Waals surface area contributed by atoms with Gasteiger partial charge in [-0.15, -0.1) is 0 Å². The summed E-state index contributed by atoms with van der Waals surface area (Å²) in [5.41, 5.74) is 1.02. The Labute approximate surface area is 102 Å². The molecular weight excluding hydrogens is 242 g/mol. The first kappa shape index (κ1) is 14.0. The van der Waals surface area contributed by atoms with Gasteiger partial charge in [0.2, 0.25) is 0 Å². The summed E-state index contributed by atoms with van der Waals surface area (Å²) in [6.45, 7) is 1.13. The van der Waals surface area contributed by atoms with E-state index in [1.165, 1.54) is 0 Å². The number of para-hydroxylation sites is 1. The highest BCUT2D eigenvalue weighted by Gasteiger charge is 2.04. The summed E-state index contributed by atoms with van der Waals surface area (Å²) >= 11 is 0. The van der Waals surface area contributed by atoms with Crippen molar-refractivity contribution in [3.8, 4) is 5.75 Å². The number of nitrogens with one attached hydrogen (secondary N) is 1. The summed E-state index contributed by atoms with van der Waals surface area (Å²) in [6.07, 6.45) is 0.383. The molecule has 96 valence electrons. The molecule has 0 aromatic heterocycles. The topological polar surface area (TPSA) is 75.6 Å². The van der Waals surface area contributed by atoms with E-state index in [1.54, 1.807) is 7.11 Å². The Morgan fingerprint density at radius 3 is 2.71 bits per heavy atom. The van der Waals surface area contributed by atoms with Gasteiger partial charge in [0.15, 0.2) is 0 Å². The van der Waals surface area contributed by atoms with Gasteiger partial charge in [0, 0.05) is 12.1 Å². The minimum Gasteiger partial charge on any atom is -0.496 e. The minimum atomic E-state index is -3.85. The van der Waals surface area contributed by atoms with Crippen LogP contribution in [0.2, 0.25) is 0 Å². The molecule has 17 heavy (non-hydrogen) atoms. The highest BCUT2D eigenvalue weighted by molar-refractivity contribution is 7.85. The lowest BCUT2D eigenvalue weighted by Gasteiger charge is -2.08. The zero-order chi connectivity index (χ0) is 12.7. The first-order valence-electron chi connectivity index (χ1n) is 5.30. The van der Waals surface area contributed by atoms with E-state index in [1.807, 2.05) is 24.3 Å². The van der Waals surface area contributed by atoms with E-state index < -0.39 is 10.1 Å². The monoisotopic (exact) mass is 259 g/mol. The first-order chi connectivity index (χ1) is 8.03. The summed E-state index contributed by atoms with van der Waals surface area (Å²) in [5, 5.41) is 3.09. The van der Waals surface area contributed by atoms with Gasteiger partial charge in [0.1, 0.15) is 5.75 Å². The third-order valence-electron chi connectivity index (χ3n) is 2.26. The smallest absolute Gasteiger partial charge is 0.264 e. The van der Waals surface area contributed by atoms with Crippen LogP contribution in [-0.4, -0.2) is 32.4 Å². The molecule has 0 heterocycles. The fourth-order valence-corrected chi connectivity index (χ4v) is 1.96. The number of benzene rings is 1. The Morgan fingerprint density at radius 2 is 2.06 bits per heavy atom. The van der Waals surface area contributed by atoms with Crippen LogP contribution in [0, 0.1) is 0 Å². The molecule has 0 aliphatic rings. The maximum Gasteiger partial charge on any atom is 0.264 e. The second-order valence-corrected chi connectivity index (χ2v) is 5.20. The quantitative estimate of drug-likeness (QED) is 0.565. The molecule has 0 aliphatic carbocycles. The molecule has 0 fully saturated rings. The van der Waals surface area contributed by atoms with Crippen molar-refractivity contribution in [1.82, 2.24) is 5.32 Å². The van der Waals surface area contributed by atoms with Gasteiger partial charge >= 0.3 is 0 Å². The van der Waals surface area contributed by atoms with Crippen LogP contribution in [0.5, 0.6) is 5.75 Å². The molecule has 6 heteroatoms. The average molecular weight is 259 g/mol. The average Bonchev–Trinajstić information content (AvgIpc) is 2.27. The summed E-state index contributed by atoms with van der Waals surface area (Å²) in [5.74, 6) is 0.584. The molecule has 5 nitrogen and oxygen atoms in total. The van der Waals surface area contributed by atoms with Gasteiger partial charge in [-0.1, -0.05) is 18.2 Å². The van der Waals surface area contributed by atoms with Crippen LogP contribution in [0.25, 0.3) is 0 Å². The molecule has 0 unspecified atom stereocenters. The molecule has 0 amide bonds. The fourth-order valence-electron chi connectivity index (χ4n) is 1.45. The molecule has 0 saturated carbocycles. The molecule has 0 aliphatic heterocycles. The highest BCUT2D eigenvalue weighted by Crippen LogP contribution is 2.16. The van der Waals surface area contributed by atoms with Crippen molar-refractivity contribution in [3.63, 3.8) is 0 Å². The van der Waals surface area contributed by atoms with Crippen LogP contribution < -0.4 is 10.1 Å². The number of methoxy groups -OCH3 is 1.